The molecule has 0 spiro atoms. The molecule has 1 heterocycles. The minimum absolute atomic E-state index is 0.125. The van der Waals surface area contributed by atoms with Crippen LogP contribution in [-0.2, 0) is 11.2 Å². The number of carbonyl (C=O) groups is 2. The highest BCUT2D eigenvalue weighted by atomic mass is 32.1. The molecular weight excluding hydrogens is 388 g/mol. The zero-order valence-electron chi connectivity index (χ0n) is 16.4. The summed E-state index contributed by atoms with van der Waals surface area (Å²) in [5.74, 6) is 0.402. The molecule has 150 valence electrons. The Hall–Kier alpha value is -3.39. The van der Waals surface area contributed by atoms with Crippen LogP contribution in [0.3, 0.4) is 0 Å². The van der Waals surface area contributed by atoms with Gasteiger partial charge in [-0.2, -0.15) is 0 Å². The van der Waals surface area contributed by atoms with Gasteiger partial charge >= 0.3 is 6.03 Å². The topological polar surface area (TPSA) is 92.3 Å². The summed E-state index contributed by atoms with van der Waals surface area (Å²) in [4.78, 5) is 28.8. The maximum absolute atomic E-state index is 12.3. The highest BCUT2D eigenvalue weighted by Gasteiger charge is 2.12. The molecule has 3 amide bonds. The first-order valence-electron chi connectivity index (χ1n) is 8.97. The molecule has 1 aromatic heterocycles. The number of anilines is 3. The molecule has 8 heteroatoms. The van der Waals surface area contributed by atoms with E-state index in [-0.39, 0.29) is 12.3 Å². The first-order valence-corrected chi connectivity index (χ1v) is 9.85. The number of thiazole rings is 1. The number of ether oxygens (including phenoxy) is 1. The smallest absolute Gasteiger partial charge is 0.325 e. The largest absolute Gasteiger partial charge is 0.495 e. The lowest BCUT2D eigenvalue weighted by atomic mass is 10.1. The Bertz CT molecular complexity index is 1030. The average Bonchev–Trinajstić information content (AvgIpc) is 3.11. The van der Waals surface area contributed by atoms with E-state index < -0.39 is 6.03 Å². The van der Waals surface area contributed by atoms with Gasteiger partial charge in [0, 0.05) is 11.1 Å². The van der Waals surface area contributed by atoms with Crippen LogP contribution in [0.15, 0.2) is 47.8 Å². The molecule has 7 nitrogen and oxygen atoms in total. The zero-order chi connectivity index (χ0) is 20.8. The monoisotopic (exact) mass is 410 g/mol. The lowest BCUT2D eigenvalue weighted by molar-refractivity contribution is -0.115. The van der Waals surface area contributed by atoms with Gasteiger partial charge < -0.3 is 15.4 Å². The number of methoxy groups -OCH3 is 1. The Morgan fingerprint density at radius 2 is 1.83 bits per heavy atom. The van der Waals surface area contributed by atoms with Crippen LogP contribution in [0.25, 0.3) is 0 Å². The first-order chi connectivity index (χ1) is 13.9. The summed E-state index contributed by atoms with van der Waals surface area (Å²) in [5.41, 5.74) is 4.01. The van der Waals surface area contributed by atoms with Crippen molar-refractivity contribution in [3.05, 3.63) is 64.7 Å². The highest BCUT2D eigenvalue weighted by Crippen LogP contribution is 2.24. The van der Waals surface area contributed by atoms with Crippen molar-refractivity contribution in [2.24, 2.45) is 0 Å². The Morgan fingerprint density at radius 3 is 2.62 bits per heavy atom. The maximum Gasteiger partial charge on any atom is 0.325 e. The molecule has 0 aliphatic heterocycles. The molecule has 0 bridgehead atoms. The summed E-state index contributed by atoms with van der Waals surface area (Å²) in [6, 6.07) is 12.6. The number of aryl methyl sites for hydroxylation is 2. The normalized spacial score (nSPS) is 10.3. The number of hydrogen-bond acceptors (Lipinski definition) is 5. The molecule has 2 aromatic carbocycles. The molecular formula is C21H22N4O3S. The molecule has 29 heavy (non-hydrogen) atoms. The van der Waals surface area contributed by atoms with E-state index in [2.05, 4.69) is 20.9 Å². The Balaban J connectivity index is 1.57. The molecule has 0 aliphatic rings. The van der Waals surface area contributed by atoms with E-state index in [1.807, 2.05) is 38.1 Å². The Kier molecular flexibility index (Phi) is 6.46. The number of carbonyl (C=O) groups excluding carboxylic acids is 2. The van der Waals surface area contributed by atoms with Crippen molar-refractivity contribution < 1.29 is 14.3 Å². The van der Waals surface area contributed by atoms with Crippen LogP contribution in [0.2, 0.25) is 0 Å². The number of urea groups is 1. The first kappa shape index (κ1) is 20.3. The lowest BCUT2D eigenvalue weighted by Gasteiger charge is -2.09. The maximum atomic E-state index is 12.3. The third-order valence-electron chi connectivity index (χ3n) is 4.14. The molecule has 0 saturated carbocycles. The fraction of sp³-hybridized carbons (Fsp3) is 0.190. The van der Waals surface area contributed by atoms with Crippen LogP contribution in [0.5, 0.6) is 5.75 Å². The molecule has 0 saturated heterocycles. The molecule has 0 aliphatic carbocycles. The average molecular weight is 410 g/mol. The number of benzene rings is 2. The van der Waals surface area contributed by atoms with Crippen LogP contribution < -0.4 is 20.7 Å². The van der Waals surface area contributed by atoms with Crippen molar-refractivity contribution in [3.63, 3.8) is 0 Å². The van der Waals surface area contributed by atoms with Gasteiger partial charge in [-0.15, -0.1) is 11.3 Å². The summed E-state index contributed by atoms with van der Waals surface area (Å²) in [6.07, 6.45) is 0.125. The minimum atomic E-state index is -0.435. The summed E-state index contributed by atoms with van der Waals surface area (Å²) in [7, 11) is 1.54. The van der Waals surface area contributed by atoms with E-state index in [0.29, 0.717) is 22.3 Å². The molecule has 0 fully saturated rings. The fourth-order valence-corrected chi connectivity index (χ4v) is 3.38. The summed E-state index contributed by atoms with van der Waals surface area (Å²) in [6.45, 7) is 3.92. The van der Waals surface area contributed by atoms with Gasteiger partial charge in [-0.05, 0) is 43.2 Å². The predicted molar refractivity (Wildman–Crippen MR) is 116 cm³/mol. The van der Waals surface area contributed by atoms with Crippen molar-refractivity contribution in [1.29, 1.82) is 0 Å². The van der Waals surface area contributed by atoms with Gasteiger partial charge in [0.25, 0.3) is 0 Å². The number of para-hydroxylation sites is 2. The number of nitrogens with zero attached hydrogens (tertiary/aromatic N) is 1. The van der Waals surface area contributed by atoms with Crippen molar-refractivity contribution in [1.82, 2.24) is 4.98 Å². The van der Waals surface area contributed by atoms with E-state index in [0.717, 1.165) is 16.8 Å². The number of aromatic nitrogens is 1. The van der Waals surface area contributed by atoms with Gasteiger partial charge in [0.15, 0.2) is 5.13 Å². The Morgan fingerprint density at radius 1 is 1.03 bits per heavy atom. The van der Waals surface area contributed by atoms with Gasteiger partial charge in [-0.25, -0.2) is 9.78 Å². The van der Waals surface area contributed by atoms with Gasteiger partial charge in [0.1, 0.15) is 5.75 Å². The lowest BCUT2D eigenvalue weighted by Crippen LogP contribution is -2.20. The van der Waals surface area contributed by atoms with Crippen LogP contribution >= 0.6 is 11.3 Å². The van der Waals surface area contributed by atoms with E-state index in [4.69, 9.17) is 4.74 Å². The third kappa shape index (κ3) is 5.55. The van der Waals surface area contributed by atoms with E-state index in [1.54, 1.807) is 23.6 Å². The van der Waals surface area contributed by atoms with Gasteiger partial charge in [0.05, 0.1) is 24.9 Å². The number of nitrogens with one attached hydrogen (secondary N) is 3. The highest BCUT2D eigenvalue weighted by molar-refractivity contribution is 7.14. The third-order valence-corrected chi connectivity index (χ3v) is 4.94. The van der Waals surface area contributed by atoms with Gasteiger partial charge in [-0.3, -0.25) is 10.1 Å². The van der Waals surface area contributed by atoms with E-state index in [9.17, 15) is 9.59 Å². The molecule has 3 N–H and O–H groups in total. The van der Waals surface area contributed by atoms with Crippen molar-refractivity contribution >= 4 is 39.8 Å². The second-order valence-corrected chi connectivity index (χ2v) is 7.32. The van der Waals surface area contributed by atoms with Crippen molar-refractivity contribution in [3.8, 4) is 5.75 Å². The SMILES string of the molecule is COc1ccccc1NC(=O)Nc1nc(CC(=O)Nc2cc(C)ccc2C)cs1. The number of rotatable bonds is 6. The summed E-state index contributed by atoms with van der Waals surface area (Å²) < 4.78 is 5.21. The van der Waals surface area contributed by atoms with Crippen molar-refractivity contribution in [2.45, 2.75) is 20.3 Å². The van der Waals surface area contributed by atoms with Gasteiger partial charge in [0.2, 0.25) is 5.91 Å². The van der Waals surface area contributed by atoms with E-state index in [1.165, 1.54) is 18.4 Å². The molecule has 0 unspecified atom stereocenters. The molecule has 0 radical (unpaired) electrons. The van der Waals surface area contributed by atoms with Crippen LogP contribution in [-0.4, -0.2) is 24.0 Å². The molecule has 3 aromatic rings. The standard InChI is InChI=1S/C21H22N4O3S/c1-13-8-9-14(2)17(10-13)23-19(26)11-15-12-29-21(22-15)25-20(27)24-16-6-4-5-7-18(16)28-3/h4-10,12H,11H2,1-3H3,(H,23,26)(H2,22,24,25,27). The van der Waals surface area contributed by atoms with Crippen molar-refractivity contribution in [2.75, 3.05) is 23.1 Å². The second-order valence-electron chi connectivity index (χ2n) is 6.47. The predicted octanol–water partition coefficient (Wildman–Crippen LogP) is 4.59. The summed E-state index contributed by atoms with van der Waals surface area (Å²) in [5, 5.41) is 10.5. The molecule has 0 atom stereocenters. The fourth-order valence-electron chi connectivity index (χ4n) is 2.67. The summed E-state index contributed by atoms with van der Waals surface area (Å²) >= 11 is 1.26. The van der Waals surface area contributed by atoms with Gasteiger partial charge in [-0.1, -0.05) is 24.3 Å². The quantitative estimate of drug-likeness (QED) is 0.554. The van der Waals surface area contributed by atoms with E-state index >= 15 is 0 Å². The van der Waals surface area contributed by atoms with Crippen LogP contribution in [0.1, 0.15) is 16.8 Å². The second kappa shape index (κ2) is 9.20. The Labute approximate surface area is 173 Å². The van der Waals surface area contributed by atoms with Crippen LogP contribution in [0.4, 0.5) is 21.3 Å². The minimum Gasteiger partial charge on any atom is -0.495 e. The zero-order valence-corrected chi connectivity index (χ0v) is 17.2. The van der Waals surface area contributed by atoms with Crippen LogP contribution in [0, 0.1) is 13.8 Å². The molecule has 3 rings (SSSR count). The number of amides is 3. The number of hydrogen-bond donors (Lipinski definition) is 3.